The molecule has 0 atom stereocenters. The fourth-order valence-corrected chi connectivity index (χ4v) is 4.17. The Labute approximate surface area is 190 Å². The molecule has 0 bridgehead atoms. The van der Waals surface area contributed by atoms with Crippen molar-refractivity contribution in [2.24, 2.45) is 0 Å². The van der Waals surface area contributed by atoms with Gasteiger partial charge in [-0.3, -0.25) is 0 Å². The van der Waals surface area contributed by atoms with Crippen molar-refractivity contribution in [2.75, 3.05) is 36.5 Å². The van der Waals surface area contributed by atoms with Crippen LogP contribution in [0.4, 0.5) is 17.2 Å². The highest BCUT2D eigenvalue weighted by atomic mass is 35.5. The lowest BCUT2D eigenvalue weighted by Gasteiger charge is -2.29. The Morgan fingerprint density at radius 1 is 0.935 bits per heavy atom. The molecule has 0 amide bonds. The number of hydrogen-bond acceptors (Lipinski definition) is 6. The third-order valence-electron chi connectivity index (χ3n) is 5.30. The molecule has 0 aliphatic carbocycles. The second-order valence-electron chi connectivity index (χ2n) is 7.24. The first-order valence-electron chi connectivity index (χ1n) is 9.97. The van der Waals surface area contributed by atoms with E-state index in [1.54, 1.807) is 6.33 Å². The minimum absolute atomic E-state index is 0.454. The number of fused-ring (bicyclic) bond motifs is 1. The number of nitrogens with zero attached hydrogens (tertiary/aromatic N) is 5. The van der Waals surface area contributed by atoms with E-state index in [4.69, 9.17) is 27.9 Å². The molecule has 2 aromatic rings. The van der Waals surface area contributed by atoms with E-state index in [0.717, 1.165) is 37.6 Å². The fraction of sp³-hybridized carbons (Fsp3) is 0.227. The van der Waals surface area contributed by atoms with Crippen molar-refractivity contribution in [3.05, 3.63) is 70.7 Å². The first-order valence-corrected chi connectivity index (χ1v) is 10.7. The van der Waals surface area contributed by atoms with Crippen molar-refractivity contribution in [2.45, 2.75) is 6.54 Å². The van der Waals surface area contributed by atoms with Crippen LogP contribution in [0.3, 0.4) is 0 Å². The minimum atomic E-state index is 0.454. The summed E-state index contributed by atoms with van der Waals surface area (Å²) in [6, 6.07) is 13.8. The molecule has 0 spiro atoms. The van der Waals surface area contributed by atoms with Gasteiger partial charge in [0, 0.05) is 40.1 Å². The molecule has 9 heteroatoms. The van der Waals surface area contributed by atoms with Crippen LogP contribution in [0.1, 0.15) is 5.56 Å². The molecular formula is C22H20Cl2N6O. The summed E-state index contributed by atoms with van der Waals surface area (Å²) in [5.74, 6) is 1.35. The first kappa shape index (κ1) is 20.1. The van der Waals surface area contributed by atoms with Crippen LogP contribution in [0.25, 0.3) is 11.5 Å². The maximum atomic E-state index is 6.34. The zero-order valence-corrected chi connectivity index (χ0v) is 18.1. The van der Waals surface area contributed by atoms with Gasteiger partial charge in [0.15, 0.2) is 17.3 Å². The summed E-state index contributed by atoms with van der Waals surface area (Å²) >= 11 is 12.7. The Bertz CT molecular complexity index is 1140. The Kier molecular flexibility index (Phi) is 5.63. The molecule has 1 fully saturated rings. The largest absolute Gasteiger partial charge is 0.378 e. The smallest absolute Gasteiger partial charge is 0.165 e. The van der Waals surface area contributed by atoms with Crippen molar-refractivity contribution >= 4 is 40.4 Å². The Morgan fingerprint density at radius 2 is 1.68 bits per heavy atom. The van der Waals surface area contributed by atoms with Crippen LogP contribution in [0.5, 0.6) is 0 Å². The quantitative estimate of drug-likeness (QED) is 0.470. The van der Waals surface area contributed by atoms with Gasteiger partial charge >= 0.3 is 0 Å². The van der Waals surface area contributed by atoms with Crippen LogP contribution in [0.2, 0.25) is 10.0 Å². The number of morpholine rings is 1. The second-order valence-corrected chi connectivity index (χ2v) is 8.05. The van der Waals surface area contributed by atoms with E-state index < -0.39 is 0 Å². The standard InChI is InChI=1S/C22H20Cl2N6O/c23-18-2-1-3-19(24)17(18)12-30-14-27-21(20-22(30)26-13-25-20)28-15-4-6-16(7-5-15)29-8-10-31-11-9-29/h1-7,13-14,28H,8-12H2. The predicted molar refractivity (Wildman–Crippen MR) is 123 cm³/mol. The van der Waals surface area contributed by atoms with Gasteiger partial charge < -0.3 is 19.5 Å². The topological polar surface area (TPSA) is 68.1 Å². The predicted octanol–water partition coefficient (Wildman–Crippen LogP) is 4.71. The van der Waals surface area contributed by atoms with E-state index in [1.807, 2.05) is 34.9 Å². The second kappa shape index (κ2) is 8.70. The molecule has 3 aliphatic heterocycles. The van der Waals surface area contributed by atoms with Crippen LogP contribution in [0.15, 0.2) is 55.1 Å². The highest BCUT2D eigenvalue weighted by Crippen LogP contribution is 2.31. The van der Waals surface area contributed by atoms with Gasteiger partial charge in [-0.05, 0) is 36.4 Å². The van der Waals surface area contributed by atoms with Crippen molar-refractivity contribution in [1.29, 1.82) is 0 Å². The number of imidazole rings is 1. The normalized spacial score (nSPS) is 14.2. The summed E-state index contributed by atoms with van der Waals surface area (Å²) < 4.78 is 7.32. The first-order chi connectivity index (χ1) is 15.2. The molecule has 3 heterocycles. The number of anilines is 3. The van der Waals surface area contributed by atoms with E-state index in [9.17, 15) is 0 Å². The molecule has 5 rings (SSSR count). The van der Waals surface area contributed by atoms with E-state index in [-0.39, 0.29) is 0 Å². The molecule has 158 valence electrons. The zero-order valence-electron chi connectivity index (χ0n) is 16.6. The van der Waals surface area contributed by atoms with E-state index in [1.165, 1.54) is 12.0 Å². The minimum Gasteiger partial charge on any atom is -0.378 e. The Morgan fingerprint density at radius 3 is 2.42 bits per heavy atom. The molecule has 0 unspecified atom stereocenters. The van der Waals surface area contributed by atoms with E-state index in [0.29, 0.717) is 33.9 Å². The number of nitrogens with one attached hydrogen (secondary N) is 1. The Hall–Kier alpha value is -2.87. The maximum absolute atomic E-state index is 6.34. The van der Waals surface area contributed by atoms with Gasteiger partial charge in [0.1, 0.15) is 6.33 Å². The van der Waals surface area contributed by atoms with Crippen LogP contribution < -0.4 is 10.2 Å². The molecule has 1 saturated heterocycles. The van der Waals surface area contributed by atoms with Crippen molar-refractivity contribution < 1.29 is 4.74 Å². The molecule has 0 aromatic heterocycles. The Balaban J connectivity index is 1.38. The van der Waals surface area contributed by atoms with Gasteiger partial charge in [0.25, 0.3) is 0 Å². The third-order valence-corrected chi connectivity index (χ3v) is 6.01. The molecule has 0 radical (unpaired) electrons. The van der Waals surface area contributed by atoms with Gasteiger partial charge in [-0.1, -0.05) is 29.3 Å². The molecule has 2 aromatic carbocycles. The number of aromatic nitrogens is 4. The van der Waals surface area contributed by atoms with E-state index >= 15 is 0 Å². The molecule has 7 nitrogen and oxygen atoms in total. The highest BCUT2D eigenvalue weighted by molar-refractivity contribution is 6.36. The van der Waals surface area contributed by atoms with Gasteiger partial charge in [-0.15, -0.1) is 0 Å². The lowest BCUT2D eigenvalue weighted by atomic mass is 10.2. The fourth-order valence-electron chi connectivity index (χ4n) is 3.66. The van der Waals surface area contributed by atoms with Crippen molar-refractivity contribution in [1.82, 2.24) is 19.5 Å². The molecule has 3 aliphatic rings. The maximum Gasteiger partial charge on any atom is 0.165 e. The van der Waals surface area contributed by atoms with Gasteiger partial charge in [0.2, 0.25) is 0 Å². The monoisotopic (exact) mass is 454 g/mol. The summed E-state index contributed by atoms with van der Waals surface area (Å²) in [4.78, 5) is 15.7. The number of halogens is 2. The number of benzene rings is 2. The lowest BCUT2D eigenvalue weighted by molar-refractivity contribution is 0.122. The van der Waals surface area contributed by atoms with Crippen molar-refractivity contribution in [3.63, 3.8) is 0 Å². The molecule has 1 N–H and O–H groups in total. The SMILES string of the molecule is Clc1cccc(Cl)c1Cn1cnc(Nc2ccc(N3CCOCC3)cc2)c2ncnc1-2. The van der Waals surface area contributed by atoms with Crippen LogP contribution in [-0.4, -0.2) is 45.8 Å². The van der Waals surface area contributed by atoms with Crippen molar-refractivity contribution in [3.8, 4) is 11.5 Å². The third kappa shape index (κ3) is 4.17. The summed E-state index contributed by atoms with van der Waals surface area (Å²) in [6.45, 7) is 3.80. The lowest BCUT2D eigenvalue weighted by Crippen LogP contribution is -2.36. The average molecular weight is 455 g/mol. The average Bonchev–Trinajstić information content (AvgIpc) is 3.29. The van der Waals surface area contributed by atoms with E-state index in [2.05, 4.69) is 37.3 Å². The summed E-state index contributed by atoms with van der Waals surface area (Å²) in [5, 5.41) is 4.57. The summed E-state index contributed by atoms with van der Waals surface area (Å²) in [5.41, 5.74) is 3.62. The van der Waals surface area contributed by atoms with Crippen LogP contribution in [-0.2, 0) is 11.3 Å². The van der Waals surface area contributed by atoms with Gasteiger partial charge in [-0.25, -0.2) is 15.0 Å². The number of ether oxygens (including phenoxy) is 1. The van der Waals surface area contributed by atoms with Gasteiger partial charge in [-0.2, -0.15) is 0 Å². The summed E-state index contributed by atoms with van der Waals surface area (Å²) in [6.07, 6.45) is 3.25. The molecule has 31 heavy (non-hydrogen) atoms. The van der Waals surface area contributed by atoms with Crippen LogP contribution in [0, 0.1) is 0 Å². The summed E-state index contributed by atoms with van der Waals surface area (Å²) in [7, 11) is 0. The number of rotatable bonds is 5. The zero-order chi connectivity index (χ0) is 21.2. The number of hydrogen-bond donors (Lipinski definition) is 1. The van der Waals surface area contributed by atoms with Gasteiger partial charge in [0.05, 0.1) is 26.1 Å². The molecule has 0 saturated carbocycles. The van der Waals surface area contributed by atoms with Crippen LogP contribution >= 0.6 is 23.2 Å². The highest BCUT2D eigenvalue weighted by Gasteiger charge is 2.19. The molecular weight excluding hydrogens is 435 g/mol.